The highest BCUT2D eigenvalue weighted by Crippen LogP contribution is 2.32. The first-order chi connectivity index (χ1) is 16.9. The number of carbonyl (C=O) groups excluding carboxylic acids is 1. The maximum absolute atomic E-state index is 13.2. The fourth-order valence-electron chi connectivity index (χ4n) is 4.57. The number of likely N-dealkylation sites (tertiary alicyclic amines) is 1. The van der Waals surface area contributed by atoms with Gasteiger partial charge in [0.15, 0.2) is 5.78 Å². The molecule has 1 aliphatic heterocycles. The van der Waals surface area contributed by atoms with Gasteiger partial charge in [0.05, 0.1) is 18.3 Å². The molecule has 0 aromatic heterocycles. The Hall–Kier alpha value is -2.54. The van der Waals surface area contributed by atoms with Crippen LogP contribution in [0.2, 0.25) is 5.02 Å². The fourth-order valence-corrected chi connectivity index (χ4v) is 4.70. The first-order valence-electron chi connectivity index (χ1n) is 12.1. The number of β-amino-alcohol motifs (C(OH)–C–C–N with tert-alkyl or cyclic N) is 1. The van der Waals surface area contributed by atoms with E-state index in [2.05, 4.69) is 4.90 Å². The van der Waals surface area contributed by atoms with Crippen LogP contribution < -0.4 is 0 Å². The Bertz CT molecular complexity index is 1070. The summed E-state index contributed by atoms with van der Waals surface area (Å²) in [5.41, 5.74) is 1.63. The monoisotopic (exact) mass is 493 g/mol. The molecule has 1 fully saturated rings. The lowest BCUT2D eigenvalue weighted by Crippen LogP contribution is -2.46. The lowest BCUT2D eigenvalue weighted by molar-refractivity contribution is -0.0483. The predicted octanol–water partition coefficient (Wildman–Crippen LogP) is 4.50. The van der Waals surface area contributed by atoms with Crippen molar-refractivity contribution in [2.75, 3.05) is 26.2 Å². The van der Waals surface area contributed by atoms with Gasteiger partial charge in [-0.2, -0.15) is 0 Å². The number of nitrogens with zero attached hydrogens (tertiary/aromatic N) is 1. The van der Waals surface area contributed by atoms with Crippen LogP contribution in [0.3, 0.4) is 0 Å². The quantitative estimate of drug-likeness (QED) is 0.407. The number of ketones is 1. The number of hydrogen-bond acceptors (Lipinski definition) is 5. The van der Waals surface area contributed by atoms with Crippen LogP contribution in [-0.4, -0.2) is 59.3 Å². The van der Waals surface area contributed by atoms with E-state index in [4.69, 9.17) is 16.3 Å². The molecule has 0 radical (unpaired) electrons. The first-order valence-corrected chi connectivity index (χ1v) is 12.4. The molecule has 1 heterocycles. The summed E-state index contributed by atoms with van der Waals surface area (Å²) in [6, 6.07) is 26.2. The molecule has 1 aliphatic rings. The van der Waals surface area contributed by atoms with Crippen LogP contribution in [0.4, 0.5) is 0 Å². The molecule has 2 N–H and O–H groups in total. The van der Waals surface area contributed by atoms with E-state index in [-0.39, 0.29) is 12.4 Å². The number of Topliss-reactive ketones (excluding diaryl/α,β-unsaturated/α-hetero) is 1. The summed E-state index contributed by atoms with van der Waals surface area (Å²) in [6.45, 7) is 1.84. The Morgan fingerprint density at radius 1 is 0.943 bits per heavy atom. The molecule has 0 aliphatic carbocycles. The molecule has 0 saturated carbocycles. The molecule has 1 saturated heterocycles. The number of aliphatic hydroxyl groups is 2. The third-order valence-electron chi connectivity index (χ3n) is 6.64. The average molecular weight is 494 g/mol. The molecule has 6 heteroatoms. The third-order valence-corrected chi connectivity index (χ3v) is 6.89. The van der Waals surface area contributed by atoms with Crippen LogP contribution in [0.25, 0.3) is 0 Å². The number of hydrogen-bond donors (Lipinski definition) is 2. The zero-order valence-electron chi connectivity index (χ0n) is 19.7. The molecule has 0 bridgehead atoms. The smallest absolute Gasteiger partial charge is 0.191 e. The summed E-state index contributed by atoms with van der Waals surface area (Å²) in [5, 5.41) is 22.4. The molecule has 3 aromatic rings. The number of aliphatic hydroxyl groups excluding tert-OH is 1. The lowest BCUT2D eigenvalue weighted by Gasteiger charge is -2.39. The van der Waals surface area contributed by atoms with Crippen molar-refractivity contribution in [1.82, 2.24) is 4.90 Å². The predicted molar refractivity (Wildman–Crippen MR) is 138 cm³/mol. The Balaban J connectivity index is 1.33. The van der Waals surface area contributed by atoms with E-state index in [0.717, 1.165) is 11.1 Å². The molecular formula is C29H32ClNO4. The molecule has 3 aromatic carbocycles. The molecule has 0 amide bonds. The second-order valence-corrected chi connectivity index (χ2v) is 9.67. The second kappa shape index (κ2) is 11.9. The van der Waals surface area contributed by atoms with Gasteiger partial charge in [0, 0.05) is 36.6 Å². The van der Waals surface area contributed by atoms with Crippen molar-refractivity contribution in [2.45, 2.75) is 37.1 Å². The van der Waals surface area contributed by atoms with Crippen LogP contribution in [0.1, 0.15) is 34.3 Å². The van der Waals surface area contributed by atoms with Gasteiger partial charge in [0.25, 0.3) is 0 Å². The van der Waals surface area contributed by atoms with Crippen LogP contribution in [0.15, 0.2) is 84.9 Å². The van der Waals surface area contributed by atoms with Gasteiger partial charge in [-0.15, -0.1) is 0 Å². The number of piperidine rings is 1. The maximum atomic E-state index is 13.2. The van der Waals surface area contributed by atoms with Gasteiger partial charge in [-0.1, -0.05) is 84.4 Å². The second-order valence-electron chi connectivity index (χ2n) is 9.23. The summed E-state index contributed by atoms with van der Waals surface area (Å²) in [6.07, 6.45) is 0.157. The maximum Gasteiger partial charge on any atom is 0.191 e. The highest BCUT2D eigenvalue weighted by Gasteiger charge is 2.34. The highest BCUT2D eigenvalue weighted by molar-refractivity contribution is 6.30. The van der Waals surface area contributed by atoms with E-state index >= 15 is 0 Å². The largest absolute Gasteiger partial charge is 0.389 e. The van der Waals surface area contributed by atoms with Gasteiger partial charge >= 0.3 is 0 Å². The molecule has 4 rings (SSSR count). The molecular weight excluding hydrogens is 462 g/mol. The molecule has 35 heavy (non-hydrogen) atoms. The number of ether oxygens (including phenoxy) is 1. The summed E-state index contributed by atoms with van der Waals surface area (Å²) in [4.78, 5) is 15.3. The Morgan fingerprint density at radius 2 is 1.54 bits per heavy atom. The highest BCUT2D eigenvalue weighted by atomic mass is 35.5. The minimum absolute atomic E-state index is 0.0519. The third kappa shape index (κ3) is 7.00. The molecule has 2 atom stereocenters. The zero-order valence-corrected chi connectivity index (χ0v) is 20.5. The van der Waals surface area contributed by atoms with E-state index in [9.17, 15) is 15.0 Å². The van der Waals surface area contributed by atoms with Gasteiger partial charge in [-0.05, 0) is 36.1 Å². The van der Waals surface area contributed by atoms with Crippen LogP contribution in [0, 0.1) is 0 Å². The van der Waals surface area contributed by atoms with Gasteiger partial charge in [-0.25, -0.2) is 0 Å². The average Bonchev–Trinajstić information content (AvgIpc) is 2.90. The number of halogens is 1. The van der Waals surface area contributed by atoms with Gasteiger partial charge in [0.2, 0.25) is 0 Å². The molecule has 184 valence electrons. The van der Waals surface area contributed by atoms with Crippen molar-refractivity contribution in [1.29, 1.82) is 0 Å². The Morgan fingerprint density at radius 3 is 2.17 bits per heavy atom. The number of rotatable bonds is 10. The minimum atomic E-state index is -0.828. The topological polar surface area (TPSA) is 70.0 Å². The minimum Gasteiger partial charge on any atom is -0.389 e. The SMILES string of the molecule is O=C(c1ccccc1)C(Cc1ccc(Cl)cc1)OCC(O)CN1CCC(O)(c2ccccc2)CC1. The molecule has 5 nitrogen and oxygen atoms in total. The fraction of sp³-hybridized carbons (Fsp3) is 0.345. The molecule has 2 unspecified atom stereocenters. The Kier molecular flexibility index (Phi) is 8.71. The standard InChI is InChI=1S/C29H32ClNO4/c30-25-13-11-22(12-14-25)19-27(28(33)23-7-3-1-4-8-23)35-21-26(32)20-31-17-15-29(34,16-18-31)24-9-5-2-6-10-24/h1-14,26-27,32,34H,15-21H2. The van der Waals surface area contributed by atoms with Crippen molar-refractivity contribution in [3.63, 3.8) is 0 Å². The normalized spacial score (nSPS) is 17.6. The van der Waals surface area contributed by atoms with Crippen molar-refractivity contribution in [3.8, 4) is 0 Å². The van der Waals surface area contributed by atoms with Crippen LogP contribution in [0.5, 0.6) is 0 Å². The van der Waals surface area contributed by atoms with Crippen molar-refractivity contribution < 1.29 is 19.7 Å². The van der Waals surface area contributed by atoms with Gasteiger partial charge in [-0.3, -0.25) is 4.79 Å². The molecule has 0 spiro atoms. The number of benzene rings is 3. The van der Waals surface area contributed by atoms with Crippen molar-refractivity contribution >= 4 is 17.4 Å². The van der Waals surface area contributed by atoms with Gasteiger partial charge in [0.1, 0.15) is 6.10 Å². The first kappa shape index (κ1) is 25.5. The van der Waals surface area contributed by atoms with E-state index in [1.165, 1.54) is 0 Å². The summed E-state index contributed by atoms with van der Waals surface area (Å²) in [7, 11) is 0. The van der Waals surface area contributed by atoms with Crippen LogP contribution in [-0.2, 0) is 16.8 Å². The van der Waals surface area contributed by atoms with E-state index in [0.29, 0.717) is 49.5 Å². The van der Waals surface area contributed by atoms with E-state index < -0.39 is 17.8 Å². The van der Waals surface area contributed by atoms with E-state index in [1.807, 2.05) is 60.7 Å². The van der Waals surface area contributed by atoms with Crippen molar-refractivity contribution in [2.24, 2.45) is 0 Å². The Labute approximate surface area is 211 Å². The van der Waals surface area contributed by atoms with Crippen LogP contribution >= 0.6 is 11.6 Å². The van der Waals surface area contributed by atoms with Crippen molar-refractivity contribution in [3.05, 3.63) is 107 Å². The summed E-state index contributed by atoms with van der Waals surface area (Å²) < 4.78 is 6.00. The number of carbonyl (C=O) groups is 1. The zero-order chi connectivity index (χ0) is 24.7. The van der Waals surface area contributed by atoms with E-state index in [1.54, 1.807) is 24.3 Å². The summed E-state index contributed by atoms with van der Waals surface area (Å²) in [5.74, 6) is -0.112. The summed E-state index contributed by atoms with van der Waals surface area (Å²) >= 11 is 6.00. The lowest BCUT2D eigenvalue weighted by atomic mass is 9.84. The van der Waals surface area contributed by atoms with Gasteiger partial charge < -0.3 is 19.8 Å².